The highest BCUT2D eigenvalue weighted by Crippen LogP contribution is 2.20. The first-order chi connectivity index (χ1) is 10.6. The average Bonchev–Trinajstić information content (AvgIpc) is 3.16. The molecule has 0 radical (unpaired) electrons. The number of thiophene rings is 1. The fourth-order valence-corrected chi connectivity index (χ4v) is 2.41. The van der Waals surface area contributed by atoms with Crippen molar-refractivity contribution in [1.82, 2.24) is 20.8 Å². The predicted octanol–water partition coefficient (Wildman–Crippen LogP) is 1.37. The van der Waals surface area contributed by atoms with Gasteiger partial charge in [-0.3, -0.25) is 9.59 Å². The highest BCUT2D eigenvalue weighted by molar-refractivity contribution is 7.08. The van der Waals surface area contributed by atoms with Crippen LogP contribution in [0.25, 0.3) is 11.5 Å². The van der Waals surface area contributed by atoms with E-state index in [0.717, 1.165) is 5.56 Å². The number of carbonyl (C=O) groups is 2. The first-order valence-corrected chi connectivity index (χ1v) is 7.96. The topological polar surface area (TPSA) is 97.1 Å². The molecule has 0 saturated carbocycles. The smallest absolute Gasteiger partial charge is 0.248 e. The van der Waals surface area contributed by atoms with Crippen LogP contribution in [0.15, 0.2) is 21.2 Å². The Balaban J connectivity index is 1.80. The number of nitrogens with one attached hydrogen (secondary N) is 2. The molecule has 0 unspecified atom stereocenters. The minimum Gasteiger partial charge on any atom is -0.421 e. The van der Waals surface area contributed by atoms with E-state index in [9.17, 15) is 9.59 Å². The highest BCUT2D eigenvalue weighted by Gasteiger charge is 2.16. The summed E-state index contributed by atoms with van der Waals surface area (Å²) in [4.78, 5) is 23.3. The lowest BCUT2D eigenvalue weighted by Gasteiger charge is -2.12. The normalized spacial score (nSPS) is 11.9. The summed E-state index contributed by atoms with van der Waals surface area (Å²) in [6.45, 7) is 4.00. The van der Waals surface area contributed by atoms with E-state index in [2.05, 4.69) is 20.8 Å². The van der Waals surface area contributed by atoms with Crippen molar-refractivity contribution in [2.75, 3.05) is 6.54 Å². The number of aromatic nitrogens is 2. The van der Waals surface area contributed by atoms with Crippen LogP contribution in [0, 0.1) is 0 Å². The number of likely N-dealkylation sites (N-methyl/N-ethyl adjacent to an activating group) is 1. The zero-order valence-electron chi connectivity index (χ0n) is 12.5. The molecule has 2 rings (SSSR count). The van der Waals surface area contributed by atoms with E-state index in [1.807, 2.05) is 23.8 Å². The fourth-order valence-electron chi connectivity index (χ4n) is 1.78. The van der Waals surface area contributed by atoms with Gasteiger partial charge in [0.1, 0.15) is 6.04 Å². The van der Waals surface area contributed by atoms with Gasteiger partial charge in [0.15, 0.2) is 0 Å². The Morgan fingerprint density at radius 2 is 2.23 bits per heavy atom. The molecule has 2 aromatic heterocycles. The lowest BCUT2D eigenvalue weighted by molar-refractivity contribution is -0.128. The van der Waals surface area contributed by atoms with Crippen LogP contribution in [-0.2, 0) is 16.0 Å². The maximum absolute atomic E-state index is 11.8. The molecule has 0 aliphatic rings. The van der Waals surface area contributed by atoms with Crippen LogP contribution in [-0.4, -0.2) is 34.6 Å². The van der Waals surface area contributed by atoms with Crippen molar-refractivity contribution >= 4 is 23.2 Å². The molecule has 118 valence electrons. The van der Waals surface area contributed by atoms with Gasteiger partial charge >= 0.3 is 0 Å². The second-order valence-electron chi connectivity index (χ2n) is 4.70. The number of nitrogens with zero attached hydrogens (tertiary/aromatic N) is 2. The van der Waals surface area contributed by atoms with Gasteiger partial charge in [-0.15, -0.1) is 10.2 Å². The van der Waals surface area contributed by atoms with Gasteiger partial charge in [0.05, 0.1) is 0 Å². The van der Waals surface area contributed by atoms with Crippen LogP contribution in [0.2, 0.25) is 0 Å². The van der Waals surface area contributed by atoms with E-state index in [1.54, 1.807) is 18.3 Å². The van der Waals surface area contributed by atoms with Crippen molar-refractivity contribution in [3.8, 4) is 11.5 Å². The maximum atomic E-state index is 11.8. The second kappa shape index (κ2) is 7.69. The molecular formula is C14H18N4O3S. The van der Waals surface area contributed by atoms with E-state index < -0.39 is 6.04 Å². The van der Waals surface area contributed by atoms with E-state index in [4.69, 9.17) is 4.42 Å². The van der Waals surface area contributed by atoms with Gasteiger partial charge < -0.3 is 15.1 Å². The third-order valence-corrected chi connectivity index (χ3v) is 3.61. The Kier molecular flexibility index (Phi) is 5.65. The number of aryl methyl sites for hydroxylation is 1. The summed E-state index contributed by atoms with van der Waals surface area (Å²) in [6.07, 6.45) is 0.528. The SMILES string of the molecule is CCNC(=O)[C@H](C)NC(=O)CCc1nnc(-c2ccsc2)o1. The minimum atomic E-state index is -0.559. The lowest BCUT2D eigenvalue weighted by atomic mass is 10.2. The molecule has 1 atom stereocenters. The number of rotatable bonds is 7. The summed E-state index contributed by atoms with van der Waals surface area (Å²) < 4.78 is 5.49. The third-order valence-electron chi connectivity index (χ3n) is 2.92. The van der Waals surface area contributed by atoms with Gasteiger partial charge in [-0.2, -0.15) is 11.3 Å². The molecule has 0 spiro atoms. The van der Waals surface area contributed by atoms with Crippen LogP contribution in [0.3, 0.4) is 0 Å². The van der Waals surface area contributed by atoms with E-state index in [-0.39, 0.29) is 18.2 Å². The maximum Gasteiger partial charge on any atom is 0.248 e. The molecule has 0 aromatic carbocycles. The summed E-state index contributed by atoms with van der Waals surface area (Å²) in [5, 5.41) is 17.0. The lowest BCUT2D eigenvalue weighted by Crippen LogP contribution is -2.44. The summed E-state index contributed by atoms with van der Waals surface area (Å²) in [5.41, 5.74) is 0.873. The Labute approximate surface area is 132 Å². The zero-order chi connectivity index (χ0) is 15.9. The molecule has 0 bridgehead atoms. The zero-order valence-corrected chi connectivity index (χ0v) is 13.3. The molecule has 2 N–H and O–H groups in total. The summed E-state index contributed by atoms with van der Waals surface area (Å²) >= 11 is 1.55. The Bertz CT molecular complexity index is 624. The number of hydrogen-bond acceptors (Lipinski definition) is 6. The first kappa shape index (κ1) is 16.2. The highest BCUT2D eigenvalue weighted by atomic mass is 32.1. The van der Waals surface area contributed by atoms with Crippen molar-refractivity contribution in [3.05, 3.63) is 22.7 Å². The Morgan fingerprint density at radius 1 is 1.41 bits per heavy atom. The van der Waals surface area contributed by atoms with Crippen molar-refractivity contribution in [1.29, 1.82) is 0 Å². The van der Waals surface area contributed by atoms with Crippen LogP contribution in [0.1, 0.15) is 26.2 Å². The van der Waals surface area contributed by atoms with Gasteiger partial charge in [-0.25, -0.2) is 0 Å². The molecule has 2 heterocycles. The number of hydrogen-bond donors (Lipinski definition) is 2. The van der Waals surface area contributed by atoms with Crippen LogP contribution < -0.4 is 10.6 Å². The standard InChI is InChI=1S/C14H18N4O3S/c1-3-15-13(20)9(2)16-11(19)4-5-12-17-18-14(21-12)10-6-7-22-8-10/h6-9H,3-5H2,1-2H3,(H,15,20)(H,16,19)/t9-/m0/s1. The van der Waals surface area contributed by atoms with Crippen molar-refractivity contribution in [2.24, 2.45) is 0 Å². The largest absolute Gasteiger partial charge is 0.421 e. The molecule has 22 heavy (non-hydrogen) atoms. The third kappa shape index (κ3) is 4.39. The number of carbonyl (C=O) groups excluding carboxylic acids is 2. The minimum absolute atomic E-state index is 0.189. The molecule has 0 saturated heterocycles. The van der Waals surface area contributed by atoms with E-state index >= 15 is 0 Å². The monoisotopic (exact) mass is 322 g/mol. The fraction of sp³-hybridized carbons (Fsp3) is 0.429. The summed E-state index contributed by atoms with van der Waals surface area (Å²) in [5.74, 6) is 0.428. The quantitative estimate of drug-likeness (QED) is 0.802. The average molecular weight is 322 g/mol. The van der Waals surface area contributed by atoms with Crippen molar-refractivity contribution < 1.29 is 14.0 Å². The molecule has 2 amide bonds. The van der Waals surface area contributed by atoms with Crippen LogP contribution >= 0.6 is 11.3 Å². The molecule has 2 aromatic rings. The molecular weight excluding hydrogens is 304 g/mol. The first-order valence-electron chi connectivity index (χ1n) is 7.02. The molecule has 7 nitrogen and oxygen atoms in total. The summed E-state index contributed by atoms with van der Waals surface area (Å²) in [7, 11) is 0. The predicted molar refractivity (Wildman–Crippen MR) is 82.2 cm³/mol. The van der Waals surface area contributed by atoms with Gasteiger partial charge in [-0.05, 0) is 25.3 Å². The Hall–Kier alpha value is -2.22. The van der Waals surface area contributed by atoms with E-state index in [1.165, 1.54) is 0 Å². The molecule has 0 aliphatic carbocycles. The Morgan fingerprint density at radius 3 is 2.91 bits per heavy atom. The molecule has 0 aliphatic heterocycles. The van der Waals surface area contributed by atoms with Crippen molar-refractivity contribution in [3.63, 3.8) is 0 Å². The van der Waals surface area contributed by atoms with Crippen LogP contribution in [0.5, 0.6) is 0 Å². The van der Waals surface area contributed by atoms with Gasteiger partial charge in [-0.1, -0.05) is 0 Å². The van der Waals surface area contributed by atoms with Gasteiger partial charge in [0.25, 0.3) is 0 Å². The summed E-state index contributed by atoms with van der Waals surface area (Å²) in [6, 6.07) is 1.33. The van der Waals surface area contributed by atoms with Gasteiger partial charge in [0, 0.05) is 30.3 Å². The number of amides is 2. The molecule has 0 fully saturated rings. The van der Waals surface area contributed by atoms with E-state index in [0.29, 0.717) is 24.7 Å². The van der Waals surface area contributed by atoms with Crippen molar-refractivity contribution in [2.45, 2.75) is 32.7 Å². The van der Waals surface area contributed by atoms with Crippen LogP contribution in [0.4, 0.5) is 0 Å². The van der Waals surface area contributed by atoms with Gasteiger partial charge in [0.2, 0.25) is 23.6 Å². The second-order valence-corrected chi connectivity index (χ2v) is 5.48. The molecule has 8 heteroatoms.